The lowest BCUT2D eigenvalue weighted by Gasteiger charge is -2.15. The van der Waals surface area contributed by atoms with Gasteiger partial charge in [-0.15, -0.1) is 0 Å². The van der Waals surface area contributed by atoms with Gasteiger partial charge in [-0.3, -0.25) is 14.2 Å². The maximum atomic E-state index is 13.9. The van der Waals surface area contributed by atoms with Crippen molar-refractivity contribution in [3.05, 3.63) is 63.7 Å². The van der Waals surface area contributed by atoms with E-state index in [0.29, 0.717) is 12.8 Å². The van der Waals surface area contributed by atoms with Gasteiger partial charge in [-0.2, -0.15) is 23.4 Å². The van der Waals surface area contributed by atoms with Crippen LogP contribution in [0.5, 0.6) is 0 Å². The highest BCUT2D eigenvalue weighted by molar-refractivity contribution is 6.32. The van der Waals surface area contributed by atoms with Gasteiger partial charge in [-0.1, -0.05) is 11.6 Å². The van der Waals surface area contributed by atoms with Crippen molar-refractivity contribution in [2.75, 3.05) is 5.32 Å². The van der Waals surface area contributed by atoms with Crippen LogP contribution in [0.1, 0.15) is 48.7 Å². The summed E-state index contributed by atoms with van der Waals surface area (Å²) >= 11 is 5.93. The SMILES string of the molecule is CC(C(=O)Nc1cnn(Cc2c(F)cc(F)c(F)c2F)c1)n1nc(C(F)(F)F)c(Cl)c1C1CC1. The van der Waals surface area contributed by atoms with Crippen molar-refractivity contribution in [1.82, 2.24) is 19.6 Å². The summed E-state index contributed by atoms with van der Waals surface area (Å²) in [5.41, 5.74) is -1.90. The maximum Gasteiger partial charge on any atom is 0.436 e. The third-order valence-electron chi connectivity index (χ3n) is 5.30. The van der Waals surface area contributed by atoms with E-state index in [2.05, 4.69) is 15.5 Å². The predicted octanol–water partition coefficient (Wildman–Crippen LogP) is 5.43. The first-order valence-electron chi connectivity index (χ1n) is 9.88. The number of anilines is 1. The van der Waals surface area contributed by atoms with E-state index in [1.807, 2.05) is 0 Å². The average Bonchev–Trinajstić information content (AvgIpc) is 3.39. The number of rotatable bonds is 6. The predicted molar refractivity (Wildman–Crippen MR) is 105 cm³/mol. The Hall–Kier alpha value is -3.09. The van der Waals surface area contributed by atoms with Crippen LogP contribution in [0.3, 0.4) is 0 Å². The molecule has 14 heteroatoms. The van der Waals surface area contributed by atoms with Crippen LogP contribution >= 0.6 is 11.6 Å². The molecule has 34 heavy (non-hydrogen) atoms. The van der Waals surface area contributed by atoms with Crippen LogP contribution in [0.15, 0.2) is 18.5 Å². The second-order valence-electron chi connectivity index (χ2n) is 7.80. The van der Waals surface area contributed by atoms with Crippen molar-refractivity contribution in [1.29, 1.82) is 0 Å². The Morgan fingerprint density at radius 3 is 2.50 bits per heavy atom. The van der Waals surface area contributed by atoms with E-state index < -0.39 is 64.2 Å². The molecule has 1 aliphatic carbocycles. The van der Waals surface area contributed by atoms with Gasteiger partial charge in [0.1, 0.15) is 11.9 Å². The zero-order valence-electron chi connectivity index (χ0n) is 17.2. The maximum absolute atomic E-state index is 13.9. The van der Waals surface area contributed by atoms with Crippen molar-refractivity contribution in [2.24, 2.45) is 0 Å². The van der Waals surface area contributed by atoms with Gasteiger partial charge in [0.15, 0.2) is 23.1 Å². The van der Waals surface area contributed by atoms with E-state index in [-0.39, 0.29) is 23.4 Å². The van der Waals surface area contributed by atoms with E-state index >= 15 is 0 Å². The second kappa shape index (κ2) is 8.60. The van der Waals surface area contributed by atoms with E-state index in [4.69, 9.17) is 11.6 Å². The number of aromatic nitrogens is 4. The molecule has 1 N–H and O–H groups in total. The minimum atomic E-state index is -4.80. The summed E-state index contributed by atoms with van der Waals surface area (Å²) in [6, 6.07) is -0.989. The molecule has 0 bridgehead atoms. The molecule has 4 rings (SSSR count). The average molecular weight is 510 g/mol. The molecule has 0 spiro atoms. The van der Waals surface area contributed by atoms with Crippen LogP contribution in [0.25, 0.3) is 0 Å². The number of carbonyl (C=O) groups excluding carboxylic acids is 1. The molecule has 1 amide bonds. The Balaban J connectivity index is 1.53. The molecule has 3 aromatic rings. The molecule has 182 valence electrons. The van der Waals surface area contributed by atoms with Crippen LogP contribution < -0.4 is 5.32 Å². The molecule has 1 fully saturated rings. The number of nitrogens with zero attached hydrogens (tertiary/aromatic N) is 4. The summed E-state index contributed by atoms with van der Waals surface area (Å²) in [6.45, 7) is 0.719. The molecule has 1 aliphatic rings. The first kappa shape index (κ1) is 24.0. The molecular formula is C20H15ClF7N5O. The largest absolute Gasteiger partial charge is 0.436 e. The molecule has 2 heterocycles. The molecule has 1 unspecified atom stereocenters. The zero-order valence-corrected chi connectivity index (χ0v) is 18.0. The number of nitrogens with one attached hydrogen (secondary N) is 1. The van der Waals surface area contributed by atoms with E-state index in [0.717, 1.165) is 21.8 Å². The fraction of sp³-hybridized carbons (Fsp3) is 0.350. The van der Waals surface area contributed by atoms with Crippen LogP contribution in [0.2, 0.25) is 5.02 Å². The quantitative estimate of drug-likeness (QED) is 0.274. The summed E-state index contributed by atoms with van der Waals surface area (Å²) < 4.78 is 95.9. The van der Waals surface area contributed by atoms with E-state index in [1.165, 1.54) is 6.92 Å². The Morgan fingerprint density at radius 2 is 1.88 bits per heavy atom. The van der Waals surface area contributed by atoms with Crippen LogP contribution in [-0.2, 0) is 17.5 Å². The minimum Gasteiger partial charge on any atom is -0.322 e. The van der Waals surface area contributed by atoms with Crippen LogP contribution in [-0.4, -0.2) is 25.5 Å². The second-order valence-corrected chi connectivity index (χ2v) is 8.18. The number of amides is 1. The van der Waals surface area contributed by atoms with Crippen molar-refractivity contribution in [3.8, 4) is 0 Å². The van der Waals surface area contributed by atoms with Gasteiger partial charge in [0.05, 0.1) is 29.1 Å². The minimum absolute atomic E-state index is 0.0440. The Morgan fingerprint density at radius 1 is 1.21 bits per heavy atom. The summed E-state index contributed by atoms with van der Waals surface area (Å²) in [6.07, 6.45) is -1.31. The summed E-state index contributed by atoms with van der Waals surface area (Å²) in [7, 11) is 0. The Bertz CT molecular complexity index is 1270. The lowest BCUT2D eigenvalue weighted by Crippen LogP contribution is -2.26. The third kappa shape index (κ3) is 4.48. The van der Waals surface area contributed by atoms with Gasteiger partial charge in [0.2, 0.25) is 5.91 Å². The highest BCUT2D eigenvalue weighted by atomic mass is 35.5. The third-order valence-corrected chi connectivity index (χ3v) is 5.67. The smallest absolute Gasteiger partial charge is 0.322 e. The van der Waals surface area contributed by atoms with Gasteiger partial charge >= 0.3 is 6.18 Å². The van der Waals surface area contributed by atoms with Gasteiger partial charge < -0.3 is 5.32 Å². The standard InChI is InChI=1S/C20H15ClF7N5O/c1-8(33-17(9-2-3-9)14(21)18(31-33)20(26,27)28)19(34)30-10-5-29-32(6-10)7-11-12(22)4-13(23)16(25)15(11)24/h4-6,8-9H,2-3,7H2,1H3,(H,30,34). The number of benzene rings is 1. The number of carbonyl (C=O) groups is 1. The van der Waals surface area contributed by atoms with Crippen molar-refractivity contribution < 1.29 is 35.5 Å². The van der Waals surface area contributed by atoms with Gasteiger partial charge in [0.25, 0.3) is 0 Å². The Kier molecular flexibility index (Phi) is 6.08. The molecule has 1 saturated carbocycles. The summed E-state index contributed by atoms with van der Waals surface area (Å²) in [5.74, 6) is -7.55. The van der Waals surface area contributed by atoms with Crippen molar-refractivity contribution >= 4 is 23.2 Å². The lowest BCUT2D eigenvalue weighted by molar-refractivity contribution is -0.141. The number of hydrogen-bond acceptors (Lipinski definition) is 3. The molecule has 2 aromatic heterocycles. The number of hydrogen-bond donors (Lipinski definition) is 1. The first-order valence-corrected chi connectivity index (χ1v) is 10.3. The van der Waals surface area contributed by atoms with E-state index in [9.17, 15) is 35.5 Å². The van der Waals surface area contributed by atoms with Crippen LogP contribution in [0.4, 0.5) is 36.4 Å². The van der Waals surface area contributed by atoms with E-state index in [1.54, 1.807) is 0 Å². The molecule has 0 radical (unpaired) electrons. The van der Waals surface area contributed by atoms with Gasteiger partial charge in [-0.05, 0) is 19.8 Å². The summed E-state index contributed by atoms with van der Waals surface area (Å²) in [5, 5.41) is 9.20. The van der Waals surface area contributed by atoms with Gasteiger partial charge in [0, 0.05) is 23.7 Å². The monoisotopic (exact) mass is 509 g/mol. The highest BCUT2D eigenvalue weighted by Crippen LogP contribution is 2.47. The normalized spacial score (nSPS) is 15.0. The van der Waals surface area contributed by atoms with Crippen molar-refractivity contribution in [3.63, 3.8) is 0 Å². The molecule has 0 aliphatic heterocycles. The molecule has 1 aromatic carbocycles. The molecule has 1 atom stereocenters. The lowest BCUT2D eigenvalue weighted by atomic mass is 10.2. The molecule has 6 nitrogen and oxygen atoms in total. The van der Waals surface area contributed by atoms with Crippen LogP contribution in [0, 0.1) is 23.3 Å². The Labute approximate surface area is 192 Å². The zero-order chi connectivity index (χ0) is 24.9. The summed E-state index contributed by atoms with van der Waals surface area (Å²) in [4.78, 5) is 12.7. The topological polar surface area (TPSA) is 64.7 Å². The highest BCUT2D eigenvalue weighted by Gasteiger charge is 2.43. The van der Waals surface area contributed by atoms with Gasteiger partial charge in [-0.25, -0.2) is 17.6 Å². The number of alkyl halides is 3. The fourth-order valence-corrected chi connectivity index (χ4v) is 3.80. The van der Waals surface area contributed by atoms with Crippen molar-refractivity contribution in [2.45, 2.75) is 44.4 Å². The number of halogens is 8. The molecule has 0 saturated heterocycles. The fourth-order valence-electron chi connectivity index (χ4n) is 3.41. The molecular weight excluding hydrogens is 495 g/mol. The first-order chi connectivity index (χ1) is 15.9.